The highest BCUT2D eigenvalue weighted by Crippen LogP contribution is 2.27. The highest BCUT2D eigenvalue weighted by molar-refractivity contribution is 14.1. The maximum absolute atomic E-state index is 4.25. The van der Waals surface area contributed by atoms with E-state index in [1.807, 2.05) is 6.92 Å². The van der Waals surface area contributed by atoms with Crippen molar-refractivity contribution in [1.29, 1.82) is 0 Å². The number of hydrogen-bond acceptors (Lipinski definition) is 4. The summed E-state index contributed by atoms with van der Waals surface area (Å²) in [5.74, 6) is 0. The minimum atomic E-state index is 0.914. The van der Waals surface area contributed by atoms with Gasteiger partial charge in [-0.25, -0.2) is 9.97 Å². The lowest BCUT2D eigenvalue weighted by Gasteiger charge is -1.72. The van der Waals surface area contributed by atoms with Crippen LogP contribution in [-0.2, 0) is 0 Å². The Morgan fingerprint density at radius 1 is 1.30 bits per heavy atom. The second-order valence-electron chi connectivity index (χ2n) is 1.81. The minimum Gasteiger partial charge on any atom is -0.221 e. The van der Waals surface area contributed by atoms with Crippen molar-refractivity contribution < 1.29 is 0 Å². The number of aryl methyl sites for hydroxylation is 1. The van der Waals surface area contributed by atoms with E-state index in [2.05, 4.69) is 32.6 Å². The lowest BCUT2D eigenvalue weighted by Crippen LogP contribution is -1.69. The Balaban J connectivity index is 2.83. The summed E-state index contributed by atoms with van der Waals surface area (Å²) in [6.45, 7) is 2.01. The third kappa shape index (κ3) is 1.06. The monoisotopic (exact) mass is 282 g/mol. The standard InChI is InChI=1S/C5H3IN2S2/c1-2-7-3-4(9-2)10-5(6)8-3/h1H3. The molecule has 2 aromatic heterocycles. The summed E-state index contributed by atoms with van der Waals surface area (Å²) in [6.07, 6.45) is 0. The molecule has 5 heteroatoms. The third-order valence-electron chi connectivity index (χ3n) is 1.06. The van der Waals surface area contributed by atoms with Gasteiger partial charge in [0.25, 0.3) is 0 Å². The quantitative estimate of drug-likeness (QED) is 0.694. The normalized spacial score (nSPS) is 11.0. The van der Waals surface area contributed by atoms with Crippen LogP contribution in [0.5, 0.6) is 0 Å². The van der Waals surface area contributed by atoms with Gasteiger partial charge in [0.2, 0.25) is 0 Å². The molecule has 0 aliphatic rings. The molecule has 0 saturated heterocycles. The molecule has 2 nitrogen and oxygen atoms in total. The predicted octanol–water partition coefficient (Wildman–Crippen LogP) is 2.67. The average molecular weight is 282 g/mol. The molecule has 2 rings (SSSR count). The molecule has 0 unspecified atom stereocenters. The number of aromatic nitrogens is 2. The molecule has 0 aromatic carbocycles. The van der Waals surface area contributed by atoms with Crippen LogP contribution >= 0.6 is 45.3 Å². The van der Waals surface area contributed by atoms with Crippen molar-refractivity contribution in [2.45, 2.75) is 6.92 Å². The SMILES string of the molecule is Cc1nc2nc(I)sc2s1. The lowest BCUT2D eigenvalue weighted by atomic mass is 10.8. The molecule has 52 valence electrons. The van der Waals surface area contributed by atoms with Crippen molar-refractivity contribution in [2.24, 2.45) is 0 Å². The van der Waals surface area contributed by atoms with E-state index < -0.39 is 0 Å². The van der Waals surface area contributed by atoms with E-state index in [-0.39, 0.29) is 0 Å². The molecule has 0 spiro atoms. The summed E-state index contributed by atoms with van der Waals surface area (Å²) in [7, 11) is 0. The topological polar surface area (TPSA) is 25.8 Å². The van der Waals surface area contributed by atoms with Crippen molar-refractivity contribution in [3.05, 3.63) is 8.02 Å². The van der Waals surface area contributed by atoms with Crippen molar-refractivity contribution in [3.8, 4) is 0 Å². The molecular formula is C5H3IN2S2. The molecular weight excluding hydrogens is 279 g/mol. The van der Waals surface area contributed by atoms with E-state index in [1.54, 1.807) is 22.7 Å². The Morgan fingerprint density at radius 2 is 2.10 bits per heavy atom. The first kappa shape index (κ1) is 6.93. The lowest BCUT2D eigenvalue weighted by molar-refractivity contribution is 1.28. The van der Waals surface area contributed by atoms with E-state index in [9.17, 15) is 0 Å². The summed E-state index contributed by atoms with van der Waals surface area (Å²) in [5, 5.41) is 1.10. The van der Waals surface area contributed by atoms with Gasteiger partial charge in [-0.3, -0.25) is 0 Å². The second kappa shape index (κ2) is 2.38. The first-order chi connectivity index (χ1) is 4.75. The average Bonchev–Trinajstić information content (AvgIpc) is 2.21. The van der Waals surface area contributed by atoms with Crippen LogP contribution in [-0.4, -0.2) is 9.97 Å². The number of nitrogens with zero attached hydrogens (tertiary/aromatic N) is 2. The molecule has 2 heterocycles. The summed E-state index contributed by atoms with van der Waals surface area (Å²) >= 11 is 5.63. The van der Waals surface area contributed by atoms with Gasteiger partial charge in [-0.2, -0.15) is 0 Å². The number of fused-ring (bicyclic) bond motifs is 1. The van der Waals surface area contributed by atoms with E-state index >= 15 is 0 Å². The van der Waals surface area contributed by atoms with Gasteiger partial charge in [-0.15, -0.1) is 11.3 Å². The van der Waals surface area contributed by atoms with Crippen LogP contribution in [0.2, 0.25) is 0 Å². The van der Waals surface area contributed by atoms with Crippen LogP contribution < -0.4 is 0 Å². The van der Waals surface area contributed by atoms with E-state index in [0.717, 1.165) is 13.7 Å². The molecule has 0 aliphatic carbocycles. The van der Waals surface area contributed by atoms with Gasteiger partial charge >= 0.3 is 0 Å². The molecule has 0 saturated carbocycles. The zero-order valence-corrected chi connectivity index (χ0v) is 8.88. The van der Waals surface area contributed by atoms with Crippen LogP contribution in [0.1, 0.15) is 5.01 Å². The van der Waals surface area contributed by atoms with Crippen molar-refractivity contribution in [3.63, 3.8) is 0 Å². The van der Waals surface area contributed by atoms with Crippen LogP contribution in [0.15, 0.2) is 0 Å². The summed E-state index contributed by atoms with van der Waals surface area (Å²) in [6, 6.07) is 0. The van der Waals surface area contributed by atoms with Gasteiger partial charge in [0, 0.05) is 0 Å². The molecule has 10 heavy (non-hydrogen) atoms. The van der Waals surface area contributed by atoms with Crippen molar-refractivity contribution in [2.75, 3.05) is 0 Å². The number of thiazole rings is 2. The van der Waals surface area contributed by atoms with Gasteiger partial charge in [-0.05, 0) is 29.5 Å². The van der Waals surface area contributed by atoms with Crippen LogP contribution in [0.25, 0.3) is 9.66 Å². The first-order valence-electron chi connectivity index (χ1n) is 2.65. The first-order valence-corrected chi connectivity index (χ1v) is 5.36. The summed E-state index contributed by atoms with van der Waals surface area (Å²) < 4.78 is 2.31. The highest BCUT2D eigenvalue weighted by Gasteiger charge is 2.04. The van der Waals surface area contributed by atoms with Crippen molar-refractivity contribution >= 4 is 54.9 Å². The molecule has 0 bridgehead atoms. The third-order valence-corrected chi connectivity index (χ3v) is 3.84. The fourth-order valence-electron chi connectivity index (χ4n) is 0.717. The molecule has 0 N–H and O–H groups in total. The summed E-state index contributed by atoms with van der Waals surface area (Å²) in [5.41, 5.74) is 0.914. The number of hydrogen-bond donors (Lipinski definition) is 0. The van der Waals surface area contributed by atoms with Gasteiger partial charge in [0.05, 0.1) is 5.01 Å². The van der Waals surface area contributed by atoms with Gasteiger partial charge in [0.15, 0.2) is 8.66 Å². The van der Waals surface area contributed by atoms with Gasteiger partial charge in [0.1, 0.15) is 4.01 Å². The molecule has 0 radical (unpaired) electrons. The molecule has 2 aromatic rings. The van der Waals surface area contributed by atoms with Crippen molar-refractivity contribution in [1.82, 2.24) is 9.97 Å². The number of halogens is 1. The molecule has 0 atom stereocenters. The Bertz CT molecular complexity index is 301. The minimum absolute atomic E-state index is 0.914. The largest absolute Gasteiger partial charge is 0.221 e. The zero-order valence-electron chi connectivity index (χ0n) is 5.09. The molecule has 0 aliphatic heterocycles. The Kier molecular flexibility index (Phi) is 1.65. The highest BCUT2D eigenvalue weighted by atomic mass is 127. The van der Waals surface area contributed by atoms with Crippen LogP contribution in [0.3, 0.4) is 0 Å². The van der Waals surface area contributed by atoms with Gasteiger partial charge < -0.3 is 0 Å². The summed E-state index contributed by atoms with van der Waals surface area (Å²) in [4.78, 5) is 8.49. The molecule has 0 amide bonds. The molecule has 0 fully saturated rings. The fourth-order valence-corrected chi connectivity index (χ4v) is 3.87. The number of rotatable bonds is 0. The van der Waals surface area contributed by atoms with Crippen LogP contribution in [0.4, 0.5) is 0 Å². The fraction of sp³-hybridized carbons (Fsp3) is 0.200. The Morgan fingerprint density at radius 3 is 2.80 bits per heavy atom. The van der Waals surface area contributed by atoms with Gasteiger partial charge in [-0.1, -0.05) is 11.3 Å². The van der Waals surface area contributed by atoms with E-state index in [4.69, 9.17) is 0 Å². The Labute approximate surface area is 79.5 Å². The zero-order chi connectivity index (χ0) is 7.14. The smallest absolute Gasteiger partial charge is 0.182 e. The van der Waals surface area contributed by atoms with Crippen LogP contribution in [0, 0.1) is 9.94 Å². The van der Waals surface area contributed by atoms with E-state index in [0.29, 0.717) is 0 Å². The van der Waals surface area contributed by atoms with E-state index in [1.165, 1.54) is 4.01 Å². The predicted molar refractivity (Wildman–Crippen MR) is 52.7 cm³/mol. The second-order valence-corrected chi connectivity index (χ2v) is 6.03. The Hall–Kier alpha value is 0.250. The maximum Gasteiger partial charge on any atom is 0.182 e. The maximum atomic E-state index is 4.25.